The van der Waals surface area contributed by atoms with Crippen molar-refractivity contribution in [3.8, 4) is 17.5 Å². The van der Waals surface area contributed by atoms with Crippen molar-refractivity contribution in [1.82, 2.24) is 29.1 Å². The highest BCUT2D eigenvalue weighted by atomic mass is 16.1. The molecule has 0 spiro atoms. The van der Waals surface area contributed by atoms with E-state index in [9.17, 15) is 4.79 Å². The van der Waals surface area contributed by atoms with Gasteiger partial charge in [-0.3, -0.25) is 14.0 Å². The minimum atomic E-state index is -0.0885. The number of hydrogen-bond acceptors (Lipinski definition) is 5. The standard InChI is InChI=1S/C29H32N6O/c1-4-27-31-25-12-8-9-22(28(25)29(36)35(27)24-10-6-5-7-11-24)13-14-23-21-30-33(3)26(23)15-16-34-19-17-32(2)18-20-34/h5-12,21H,4,15-20H2,1-3H3. The zero-order chi connectivity index (χ0) is 25.1. The smallest absolute Gasteiger partial charge is 0.267 e. The average molecular weight is 481 g/mol. The monoisotopic (exact) mass is 480 g/mol. The molecule has 0 aliphatic carbocycles. The molecule has 0 saturated carbocycles. The van der Waals surface area contributed by atoms with E-state index in [1.165, 1.54) is 0 Å². The molecule has 4 aromatic rings. The van der Waals surface area contributed by atoms with Gasteiger partial charge in [-0.15, -0.1) is 0 Å². The normalized spacial score (nSPS) is 14.6. The van der Waals surface area contributed by atoms with E-state index in [1.807, 2.05) is 73.4 Å². The van der Waals surface area contributed by atoms with Crippen molar-refractivity contribution in [2.45, 2.75) is 19.8 Å². The molecule has 0 radical (unpaired) electrons. The van der Waals surface area contributed by atoms with Crippen molar-refractivity contribution >= 4 is 10.9 Å². The first-order valence-corrected chi connectivity index (χ1v) is 12.6. The highest BCUT2D eigenvalue weighted by Gasteiger charge is 2.16. The molecular weight excluding hydrogens is 448 g/mol. The van der Waals surface area contributed by atoms with Crippen LogP contribution in [-0.2, 0) is 19.9 Å². The fourth-order valence-electron chi connectivity index (χ4n) is 4.79. The van der Waals surface area contributed by atoms with Gasteiger partial charge in [-0.05, 0) is 31.3 Å². The lowest BCUT2D eigenvalue weighted by Gasteiger charge is -2.32. The second-order valence-electron chi connectivity index (χ2n) is 9.33. The van der Waals surface area contributed by atoms with E-state index < -0.39 is 0 Å². The van der Waals surface area contributed by atoms with Gasteiger partial charge in [-0.1, -0.05) is 43.0 Å². The summed E-state index contributed by atoms with van der Waals surface area (Å²) in [5, 5.41) is 5.02. The molecule has 5 rings (SSSR count). The molecule has 2 aromatic carbocycles. The number of likely N-dealkylation sites (N-methyl/N-ethyl adjacent to an activating group) is 1. The summed E-state index contributed by atoms with van der Waals surface area (Å²) in [6.07, 6.45) is 3.37. The van der Waals surface area contributed by atoms with Gasteiger partial charge in [0.2, 0.25) is 0 Å². The van der Waals surface area contributed by atoms with Crippen LogP contribution in [0.4, 0.5) is 0 Å². The molecule has 184 valence electrons. The van der Waals surface area contributed by atoms with Crippen molar-refractivity contribution in [3.63, 3.8) is 0 Å². The van der Waals surface area contributed by atoms with Gasteiger partial charge in [-0.25, -0.2) is 4.98 Å². The third kappa shape index (κ3) is 4.83. The SMILES string of the molecule is CCc1nc2cccc(C#Cc3cnn(C)c3CCN3CCN(C)CC3)c2c(=O)n1-c1ccccc1. The van der Waals surface area contributed by atoms with Gasteiger partial charge in [0.15, 0.2) is 0 Å². The largest absolute Gasteiger partial charge is 0.304 e. The minimum Gasteiger partial charge on any atom is -0.304 e. The highest BCUT2D eigenvalue weighted by Crippen LogP contribution is 2.17. The summed E-state index contributed by atoms with van der Waals surface area (Å²) in [6.45, 7) is 7.39. The maximum absolute atomic E-state index is 13.7. The van der Waals surface area contributed by atoms with Crippen LogP contribution in [0.5, 0.6) is 0 Å². The summed E-state index contributed by atoms with van der Waals surface area (Å²) in [7, 11) is 4.14. The number of benzene rings is 2. The van der Waals surface area contributed by atoms with Gasteiger partial charge in [0.25, 0.3) is 5.56 Å². The Morgan fingerprint density at radius 1 is 0.917 bits per heavy atom. The zero-order valence-electron chi connectivity index (χ0n) is 21.2. The Morgan fingerprint density at radius 3 is 2.42 bits per heavy atom. The number of nitrogens with zero attached hydrogens (tertiary/aromatic N) is 6. The molecule has 0 atom stereocenters. The van der Waals surface area contributed by atoms with Crippen LogP contribution >= 0.6 is 0 Å². The molecule has 36 heavy (non-hydrogen) atoms. The summed E-state index contributed by atoms with van der Waals surface area (Å²) < 4.78 is 3.62. The van der Waals surface area contributed by atoms with Gasteiger partial charge in [0.1, 0.15) is 5.82 Å². The van der Waals surface area contributed by atoms with E-state index in [-0.39, 0.29) is 5.56 Å². The molecule has 0 unspecified atom stereocenters. The number of fused-ring (bicyclic) bond motifs is 1. The lowest BCUT2D eigenvalue weighted by molar-refractivity contribution is 0.155. The van der Waals surface area contributed by atoms with Crippen LogP contribution in [0.3, 0.4) is 0 Å². The summed E-state index contributed by atoms with van der Waals surface area (Å²) in [6, 6.07) is 15.4. The first-order chi connectivity index (χ1) is 17.5. The van der Waals surface area contributed by atoms with E-state index in [2.05, 4.69) is 33.8 Å². The molecule has 1 aliphatic heterocycles. The Bertz CT molecular complexity index is 1480. The van der Waals surface area contributed by atoms with E-state index in [0.717, 1.165) is 61.9 Å². The first kappa shape index (κ1) is 24.0. The zero-order valence-corrected chi connectivity index (χ0v) is 21.2. The third-order valence-electron chi connectivity index (χ3n) is 6.95. The third-order valence-corrected chi connectivity index (χ3v) is 6.95. The topological polar surface area (TPSA) is 59.2 Å². The van der Waals surface area contributed by atoms with Crippen LogP contribution in [0.2, 0.25) is 0 Å². The minimum absolute atomic E-state index is 0.0885. The molecule has 7 heteroatoms. The Morgan fingerprint density at radius 2 is 1.67 bits per heavy atom. The van der Waals surface area contributed by atoms with Crippen LogP contribution in [0.15, 0.2) is 59.5 Å². The van der Waals surface area contributed by atoms with Crippen molar-refractivity contribution < 1.29 is 0 Å². The van der Waals surface area contributed by atoms with Gasteiger partial charge >= 0.3 is 0 Å². The van der Waals surface area contributed by atoms with E-state index in [0.29, 0.717) is 22.9 Å². The van der Waals surface area contributed by atoms with Crippen LogP contribution in [-0.4, -0.2) is 68.9 Å². The number of aryl methyl sites for hydroxylation is 2. The van der Waals surface area contributed by atoms with Gasteiger partial charge in [0, 0.05) is 58.2 Å². The van der Waals surface area contributed by atoms with E-state index >= 15 is 0 Å². The summed E-state index contributed by atoms with van der Waals surface area (Å²) in [5.41, 5.74) is 4.12. The molecule has 7 nitrogen and oxygen atoms in total. The Hall–Kier alpha value is -3.73. The van der Waals surface area contributed by atoms with Crippen LogP contribution in [0.1, 0.15) is 29.6 Å². The predicted molar refractivity (Wildman–Crippen MR) is 144 cm³/mol. The van der Waals surface area contributed by atoms with E-state index in [1.54, 1.807) is 4.57 Å². The number of rotatable bonds is 5. The maximum Gasteiger partial charge on any atom is 0.267 e. The fraction of sp³-hybridized carbons (Fsp3) is 0.345. The summed E-state index contributed by atoms with van der Waals surface area (Å²) >= 11 is 0. The molecule has 1 saturated heterocycles. The number of aromatic nitrogens is 4. The molecule has 0 N–H and O–H groups in total. The number of hydrogen-bond donors (Lipinski definition) is 0. The summed E-state index contributed by atoms with van der Waals surface area (Å²) in [4.78, 5) is 23.4. The van der Waals surface area contributed by atoms with Crippen molar-refractivity contribution in [1.29, 1.82) is 0 Å². The second kappa shape index (κ2) is 10.5. The molecule has 0 amide bonds. The second-order valence-corrected chi connectivity index (χ2v) is 9.33. The van der Waals surface area contributed by atoms with E-state index in [4.69, 9.17) is 4.98 Å². The van der Waals surface area contributed by atoms with Crippen LogP contribution in [0.25, 0.3) is 16.6 Å². The lowest BCUT2D eigenvalue weighted by atomic mass is 10.1. The predicted octanol–water partition coefficient (Wildman–Crippen LogP) is 2.87. The molecular formula is C29H32N6O. The fourth-order valence-corrected chi connectivity index (χ4v) is 4.79. The van der Waals surface area contributed by atoms with Gasteiger partial charge in [-0.2, -0.15) is 5.10 Å². The Kier molecular flexibility index (Phi) is 6.99. The molecule has 2 aromatic heterocycles. The van der Waals surface area contributed by atoms with Crippen molar-refractivity contribution in [2.24, 2.45) is 7.05 Å². The van der Waals surface area contributed by atoms with Crippen molar-refractivity contribution in [3.05, 3.63) is 87.7 Å². The quantitative estimate of drug-likeness (QED) is 0.411. The molecule has 3 heterocycles. The maximum atomic E-state index is 13.7. The van der Waals surface area contributed by atoms with Crippen LogP contribution in [0, 0.1) is 11.8 Å². The highest BCUT2D eigenvalue weighted by molar-refractivity contribution is 5.84. The lowest BCUT2D eigenvalue weighted by Crippen LogP contribution is -2.45. The first-order valence-electron chi connectivity index (χ1n) is 12.6. The van der Waals surface area contributed by atoms with Crippen LogP contribution < -0.4 is 5.56 Å². The molecule has 1 fully saturated rings. The van der Waals surface area contributed by atoms with Crippen molar-refractivity contribution in [2.75, 3.05) is 39.8 Å². The number of piperazine rings is 1. The van der Waals surface area contributed by atoms with Gasteiger partial charge in [0.05, 0.1) is 34.0 Å². The molecule has 0 bridgehead atoms. The molecule has 1 aliphatic rings. The Balaban J connectivity index is 1.50. The summed E-state index contributed by atoms with van der Waals surface area (Å²) in [5.74, 6) is 7.34. The Labute approximate surface area is 212 Å². The van der Waals surface area contributed by atoms with Gasteiger partial charge < -0.3 is 9.80 Å². The average Bonchev–Trinajstić information content (AvgIpc) is 3.26. The number of para-hydroxylation sites is 1.